The van der Waals surface area contributed by atoms with Crippen molar-refractivity contribution < 1.29 is 13.2 Å². The van der Waals surface area contributed by atoms with Crippen LogP contribution in [0.2, 0.25) is 0 Å². The van der Waals surface area contributed by atoms with Crippen molar-refractivity contribution in [3.05, 3.63) is 29.8 Å². The number of amides is 1. The van der Waals surface area contributed by atoms with Crippen LogP contribution in [0.1, 0.15) is 38.8 Å². The van der Waals surface area contributed by atoms with Crippen molar-refractivity contribution in [2.24, 2.45) is 5.14 Å². The van der Waals surface area contributed by atoms with Crippen molar-refractivity contribution in [3.63, 3.8) is 0 Å². The van der Waals surface area contributed by atoms with Gasteiger partial charge in [-0.15, -0.1) is 0 Å². The number of carbonyl (C=O) groups is 1. The fraction of sp³-hybridized carbons (Fsp3) is 0.500. The van der Waals surface area contributed by atoms with Gasteiger partial charge in [-0.05, 0) is 38.5 Å². The second kappa shape index (κ2) is 7.53. The molecule has 1 aromatic rings. The van der Waals surface area contributed by atoms with Gasteiger partial charge in [0.05, 0.1) is 4.90 Å². The zero-order valence-electron chi connectivity index (χ0n) is 12.6. The largest absolute Gasteiger partial charge is 0.354 e. The standard InChI is InChI=1S/C14H23N3O3S/c1-10(2)17-14(18)7-8-16-11(3)12-5-4-6-13(9-12)21(15,19)20/h4-6,9-11,16H,7-8H2,1-3H3,(H,17,18)(H2,15,19,20). The van der Waals surface area contributed by atoms with Crippen molar-refractivity contribution >= 4 is 15.9 Å². The van der Waals surface area contributed by atoms with E-state index in [1.54, 1.807) is 12.1 Å². The molecule has 1 rings (SSSR count). The van der Waals surface area contributed by atoms with Gasteiger partial charge in [-0.2, -0.15) is 0 Å². The van der Waals surface area contributed by atoms with Gasteiger partial charge >= 0.3 is 0 Å². The molecule has 118 valence electrons. The van der Waals surface area contributed by atoms with Crippen LogP contribution in [0.4, 0.5) is 0 Å². The highest BCUT2D eigenvalue weighted by molar-refractivity contribution is 7.89. The molecule has 0 spiro atoms. The molecule has 0 bridgehead atoms. The number of rotatable bonds is 7. The summed E-state index contributed by atoms with van der Waals surface area (Å²) in [4.78, 5) is 11.6. The molecule has 1 aromatic carbocycles. The summed E-state index contributed by atoms with van der Waals surface area (Å²) in [5, 5.41) is 11.1. The first-order valence-corrected chi connectivity index (χ1v) is 8.40. The molecule has 1 unspecified atom stereocenters. The molecule has 7 heteroatoms. The maximum absolute atomic E-state index is 11.5. The Morgan fingerprint density at radius 2 is 1.95 bits per heavy atom. The van der Waals surface area contributed by atoms with Crippen LogP contribution in [0.3, 0.4) is 0 Å². The molecule has 0 aromatic heterocycles. The molecule has 0 aliphatic carbocycles. The molecule has 0 saturated heterocycles. The Morgan fingerprint density at radius 3 is 2.52 bits per heavy atom. The average Bonchev–Trinajstić information content (AvgIpc) is 2.37. The van der Waals surface area contributed by atoms with Crippen molar-refractivity contribution in [3.8, 4) is 0 Å². The zero-order chi connectivity index (χ0) is 16.0. The number of sulfonamides is 1. The third-order valence-corrected chi connectivity index (χ3v) is 3.85. The van der Waals surface area contributed by atoms with E-state index in [1.165, 1.54) is 6.07 Å². The van der Waals surface area contributed by atoms with Crippen LogP contribution in [0, 0.1) is 0 Å². The topological polar surface area (TPSA) is 101 Å². The SMILES string of the molecule is CC(C)NC(=O)CCNC(C)c1cccc(S(N)(=O)=O)c1. The minimum absolute atomic E-state index is 0.0111. The fourth-order valence-corrected chi connectivity index (χ4v) is 2.44. The number of hydrogen-bond donors (Lipinski definition) is 3. The van der Waals surface area contributed by atoms with Gasteiger partial charge in [-0.1, -0.05) is 12.1 Å². The fourth-order valence-electron chi connectivity index (χ4n) is 1.88. The number of primary sulfonamides is 1. The van der Waals surface area contributed by atoms with Gasteiger partial charge in [0.1, 0.15) is 0 Å². The summed E-state index contributed by atoms with van der Waals surface area (Å²) in [6.45, 7) is 6.24. The lowest BCUT2D eigenvalue weighted by atomic mass is 10.1. The molecule has 0 aliphatic heterocycles. The summed E-state index contributed by atoms with van der Waals surface area (Å²) in [6, 6.07) is 6.53. The Hall–Kier alpha value is -1.44. The highest BCUT2D eigenvalue weighted by Gasteiger charge is 2.11. The third kappa shape index (κ3) is 6.24. The minimum Gasteiger partial charge on any atom is -0.354 e. The van der Waals surface area contributed by atoms with Gasteiger partial charge in [0.2, 0.25) is 15.9 Å². The Labute approximate surface area is 126 Å². The number of benzene rings is 1. The molecule has 0 saturated carbocycles. The predicted octanol–water partition coefficient (Wildman–Crippen LogP) is 0.899. The maximum Gasteiger partial charge on any atom is 0.238 e. The van der Waals surface area contributed by atoms with Crippen molar-refractivity contribution in [1.82, 2.24) is 10.6 Å². The van der Waals surface area contributed by atoms with Crippen LogP contribution in [0.25, 0.3) is 0 Å². The van der Waals surface area contributed by atoms with E-state index in [0.29, 0.717) is 13.0 Å². The van der Waals surface area contributed by atoms with E-state index in [2.05, 4.69) is 10.6 Å². The molecule has 21 heavy (non-hydrogen) atoms. The second-order valence-corrected chi connectivity index (χ2v) is 6.83. The van der Waals surface area contributed by atoms with Crippen molar-refractivity contribution in [2.45, 2.75) is 44.2 Å². The van der Waals surface area contributed by atoms with Crippen LogP contribution < -0.4 is 15.8 Å². The smallest absolute Gasteiger partial charge is 0.238 e. The van der Waals surface area contributed by atoms with Gasteiger partial charge in [-0.3, -0.25) is 4.79 Å². The number of hydrogen-bond acceptors (Lipinski definition) is 4. The van der Waals surface area contributed by atoms with Crippen LogP contribution in [0.5, 0.6) is 0 Å². The monoisotopic (exact) mass is 313 g/mol. The van der Waals surface area contributed by atoms with Gasteiger partial charge in [0.15, 0.2) is 0 Å². The molecule has 1 atom stereocenters. The van der Waals surface area contributed by atoms with Crippen LogP contribution >= 0.6 is 0 Å². The number of nitrogens with one attached hydrogen (secondary N) is 2. The maximum atomic E-state index is 11.5. The molecule has 0 aliphatic rings. The summed E-state index contributed by atoms with van der Waals surface area (Å²) in [5.74, 6) is -0.0111. The van der Waals surface area contributed by atoms with Crippen LogP contribution in [-0.4, -0.2) is 26.9 Å². The van der Waals surface area contributed by atoms with Gasteiger partial charge in [-0.25, -0.2) is 13.6 Å². The van der Waals surface area contributed by atoms with E-state index in [-0.39, 0.29) is 22.9 Å². The van der Waals surface area contributed by atoms with E-state index in [0.717, 1.165) is 5.56 Å². The first-order chi connectivity index (χ1) is 9.70. The van der Waals surface area contributed by atoms with Gasteiger partial charge in [0.25, 0.3) is 0 Å². The van der Waals surface area contributed by atoms with Crippen LogP contribution in [-0.2, 0) is 14.8 Å². The summed E-state index contributed by atoms with van der Waals surface area (Å²) >= 11 is 0. The van der Waals surface area contributed by atoms with E-state index in [4.69, 9.17) is 5.14 Å². The Morgan fingerprint density at radius 1 is 1.29 bits per heavy atom. The van der Waals surface area contributed by atoms with Crippen molar-refractivity contribution in [1.29, 1.82) is 0 Å². The summed E-state index contributed by atoms with van der Waals surface area (Å²) in [6.07, 6.45) is 0.372. The van der Waals surface area contributed by atoms with E-state index in [9.17, 15) is 13.2 Å². The highest BCUT2D eigenvalue weighted by atomic mass is 32.2. The van der Waals surface area contributed by atoms with Gasteiger partial charge < -0.3 is 10.6 Å². The quantitative estimate of drug-likeness (QED) is 0.696. The molecular weight excluding hydrogens is 290 g/mol. The molecule has 4 N–H and O–H groups in total. The molecular formula is C14H23N3O3S. The molecule has 0 heterocycles. The molecule has 0 fully saturated rings. The molecule has 0 radical (unpaired) electrons. The second-order valence-electron chi connectivity index (χ2n) is 5.27. The van der Waals surface area contributed by atoms with E-state index >= 15 is 0 Å². The lowest BCUT2D eigenvalue weighted by Crippen LogP contribution is -2.33. The summed E-state index contributed by atoms with van der Waals surface area (Å²) in [5.41, 5.74) is 0.811. The first kappa shape index (κ1) is 17.6. The highest BCUT2D eigenvalue weighted by Crippen LogP contribution is 2.16. The minimum atomic E-state index is -3.70. The zero-order valence-corrected chi connectivity index (χ0v) is 13.4. The van der Waals surface area contributed by atoms with E-state index in [1.807, 2.05) is 26.8 Å². The lowest BCUT2D eigenvalue weighted by molar-refractivity contribution is -0.121. The lowest BCUT2D eigenvalue weighted by Gasteiger charge is -2.15. The van der Waals surface area contributed by atoms with Crippen LogP contribution in [0.15, 0.2) is 29.2 Å². The summed E-state index contributed by atoms with van der Waals surface area (Å²) in [7, 11) is -3.70. The Bertz CT molecular complexity index is 585. The van der Waals surface area contributed by atoms with Crippen molar-refractivity contribution in [2.75, 3.05) is 6.54 Å². The normalized spacial score (nSPS) is 13.2. The average molecular weight is 313 g/mol. The molecule has 1 amide bonds. The van der Waals surface area contributed by atoms with E-state index < -0.39 is 10.0 Å². The first-order valence-electron chi connectivity index (χ1n) is 6.85. The third-order valence-electron chi connectivity index (χ3n) is 2.94. The molecule has 6 nitrogen and oxygen atoms in total. The Kier molecular flexibility index (Phi) is 6.32. The van der Waals surface area contributed by atoms with Gasteiger partial charge in [0, 0.05) is 25.0 Å². The number of carbonyl (C=O) groups excluding carboxylic acids is 1. The summed E-state index contributed by atoms with van der Waals surface area (Å²) < 4.78 is 22.6. The predicted molar refractivity (Wildman–Crippen MR) is 82.1 cm³/mol. The number of nitrogens with two attached hydrogens (primary N) is 1. The Balaban J connectivity index is 2.57.